The summed E-state index contributed by atoms with van der Waals surface area (Å²) in [7, 11) is 0. The van der Waals surface area contributed by atoms with Crippen LogP contribution in [-0.4, -0.2) is 30.4 Å². The summed E-state index contributed by atoms with van der Waals surface area (Å²) in [5, 5.41) is -0.223. The van der Waals surface area contributed by atoms with Gasteiger partial charge in [0.2, 0.25) is 0 Å². The van der Waals surface area contributed by atoms with Gasteiger partial charge in [0.05, 0.1) is 11.6 Å². The maximum Gasteiger partial charge on any atom is 0.427 e. The molecule has 6 nitrogen and oxygen atoms in total. The molecule has 1 aromatic carbocycles. The molecule has 0 saturated carbocycles. The number of carbonyl (C=O) groups excluding carboxylic acids is 3. The monoisotopic (exact) mass is 315 g/mol. The second kappa shape index (κ2) is 5.43. The van der Waals surface area contributed by atoms with E-state index >= 15 is 0 Å². The number of fused-ring (bicyclic) bond motifs is 1. The lowest BCUT2D eigenvalue weighted by molar-refractivity contribution is -0.142. The number of esters is 1. The first-order chi connectivity index (χ1) is 9.43. The molecule has 20 heavy (non-hydrogen) atoms. The standard InChI is InChI=1S/C12H11ClN2O4S/c1-2-19-9(16)6-15(11(14)17)8-5-3-4-7(13)10(8)20-12(15)18/h3-5H,2,6H2,1H3,(H-,14,17)/p+1. The van der Waals surface area contributed by atoms with Gasteiger partial charge in [0, 0.05) is 17.8 Å². The molecule has 8 heteroatoms. The summed E-state index contributed by atoms with van der Waals surface area (Å²) in [6.07, 6.45) is 0. The Balaban J connectivity index is 2.54. The summed E-state index contributed by atoms with van der Waals surface area (Å²) in [6, 6.07) is 3.83. The predicted octanol–water partition coefficient (Wildman–Crippen LogP) is 2.51. The van der Waals surface area contributed by atoms with E-state index in [0.717, 1.165) is 11.8 Å². The molecule has 1 unspecified atom stereocenters. The zero-order valence-electron chi connectivity index (χ0n) is 10.6. The molecule has 1 aliphatic rings. The highest BCUT2D eigenvalue weighted by Crippen LogP contribution is 2.48. The molecule has 1 aromatic rings. The number of ether oxygens (including phenoxy) is 1. The minimum absolute atomic E-state index is 0.154. The van der Waals surface area contributed by atoms with Crippen molar-refractivity contribution in [2.45, 2.75) is 11.8 Å². The Kier molecular flexibility index (Phi) is 4.03. The van der Waals surface area contributed by atoms with Crippen LogP contribution in [-0.2, 0) is 9.53 Å². The number of primary amides is 1. The van der Waals surface area contributed by atoms with E-state index in [2.05, 4.69) is 0 Å². The van der Waals surface area contributed by atoms with Crippen molar-refractivity contribution in [3.63, 3.8) is 0 Å². The van der Waals surface area contributed by atoms with Crippen molar-refractivity contribution >= 4 is 46.3 Å². The Morgan fingerprint density at radius 3 is 2.75 bits per heavy atom. The molecule has 106 valence electrons. The summed E-state index contributed by atoms with van der Waals surface area (Å²) >= 11 is 6.82. The van der Waals surface area contributed by atoms with Crippen molar-refractivity contribution in [1.29, 1.82) is 0 Å². The number of carbonyl (C=O) groups is 3. The summed E-state index contributed by atoms with van der Waals surface area (Å²) in [6.45, 7) is 1.32. The minimum atomic E-state index is -0.934. The van der Waals surface area contributed by atoms with Gasteiger partial charge in [-0.1, -0.05) is 17.7 Å². The average molecular weight is 316 g/mol. The van der Waals surface area contributed by atoms with E-state index in [9.17, 15) is 14.4 Å². The van der Waals surface area contributed by atoms with E-state index in [1.54, 1.807) is 25.1 Å². The number of quaternary nitrogens is 1. The molecule has 0 fully saturated rings. The maximum absolute atomic E-state index is 12.3. The van der Waals surface area contributed by atoms with Crippen LogP contribution in [0.1, 0.15) is 6.92 Å². The number of hydrogen-bond donors (Lipinski definition) is 1. The van der Waals surface area contributed by atoms with E-state index in [0.29, 0.717) is 15.6 Å². The second-order valence-electron chi connectivity index (χ2n) is 4.07. The Labute approximate surface area is 124 Å². The summed E-state index contributed by atoms with van der Waals surface area (Å²) in [5.41, 5.74) is 5.69. The second-order valence-corrected chi connectivity index (χ2v) is 5.44. The predicted molar refractivity (Wildman–Crippen MR) is 75.6 cm³/mol. The number of imide groups is 1. The van der Waals surface area contributed by atoms with Gasteiger partial charge in [-0.05, 0) is 13.0 Å². The van der Waals surface area contributed by atoms with Crippen molar-refractivity contribution in [2.24, 2.45) is 5.73 Å². The molecule has 0 aliphatic carbocycles. The zero-order chi connectivity index (χ0) is 14.9. The van der Waals surface area contributed by atoms with Gasteiger partial charge in [-0.25, -0.2) is 14.4 Å². The number of hydrogen-bond acceptors (Lipinski definition) is 5. The fourth-order valence-electron chi connectivity index (χ4n) is 2.00. The molecule has 0 spiro atoms. The maximum atomic E-state index is 12.3. The van der Waals surface area contributed by atoms with Crippen molar-refractivity contribution in [1.82, 2.24) is 4.48 Å². The SMILES string of the molecule is CCOC(=O)C[N+]1(C(N)=O)C(=O)Sc2c(Cl)cccc21. The summed E-state index contributed by atoms with van der Waals surface area (Å²) < 4.78 is 3.91. The zero-order valence-corrected chi connectivity index (χ0v) is 12.2. The van der Waals surface area contributed by atoms with Crippen LogP contribution < -0.4 is 10.2 Å². The van der Waals surface area contributed by atoms with E-state index < -0.39 is 28.3 Å². The number of rotatable bonds is 3. The number of nitrogens with zero attached hydrogens (tertiary/aromatic N) is 1. The van der Waals surface area contributed by atoms with E-state index in [1.165, 1.54) is 0 Å². The minimum Gasteiger partial charge on any atom is -0.462 e. The Morgan fingerprint density at radius 1 is 1.45 bits per heavy atom. The fourth-order valence-corrected chi connectivity index (χ4v) is 3.36. The lowest BCUT2D eigenvalue weighted by Gasteiger charge is -2.24. The number of benzene rings is 1. The highest BCUT2D eigenvalue weighted by molar-refractivity contribution is 8.14. The van der Waals surface area contributed by atoms with Crippen LogP contribution in [0.2, 0.25) is 5.02 Å². The third-order valence-electron chi connectivity index (χ3n) is 2.91. The molecule has 1 atom stereocenters. The first-order valence-electron chi connectivity index (χ1n) is 5.78. The molecule has 0 aromatic heterocycles. The largest absolute Gasteiger partial charge is 0.462 e. The fraction of sp³-hybridized carbons (Fsp3) is 0.250. The van der Waals surface area contributed by atoms with E-state index in [-0.39, 0.29) is 6.61 Å². The molecule has 1 heterocycles. The number of thioether (sulfide) groups is 1. The van der Waals surface area contributed by atoms with E-state index in [4.69, 9.17) is 22.1 Å². The van der Waals surface area contributed by atoms with Gasteiger partial charge in [0.25, 0.3) is 0 Å². The lowest BCUT2D eigenvalue weighted by Crippen LogP contribution is -2.60. The van der Waals surface area contributed by atoms with Crippen LogP contribution in [0.15, 0.2) is 23.1 Å². The van der Waals surface area contributed by atoms with Crippen molar-refractivity contribution in [3.8, 4) is 0 Å². The van der Waals surface area contributed by atoms with Crippen LogP contribution in [0.3, 0.4) is 0 Å². The van der Waals surface area contributed by atoms with Crippen LogP contribution in [0.5, 0.6) is 0 Å². The smallest absolute Gasteiger partial charge is 0.427 e. The number of urea groups is 1. The van der Waals surface area contributed by atoms with Gasteiger partial charge in [0.15, 0.2) is 12.2 Å². The van der Waals surface area contributed by atoms with Crippen LogP contribution in [0.4, 0.5) is 15.3 Å². The first-order valence-corrected chi connectivity index (χ1v) is 6.98. The van der Waals surface area contributed by atoms with Gasteiger partial charge in [-0.15, -0.1) is 4.48 Å². The van der Waals surface area contributed by atoms with Gasteiger partial charge in [0.1, 0.15) is 4.90 Å². The Bertz CT molecular complexity index is 607. The van der Waals surface area contributed by atoms with Crippen LogP contribution in [0, 0.1) is 0 Å². The van der Waals surface area contributed by atoms with Gasteiger partial charge in [-0.2, -0.15) is 0 Å². The molecule has 2 N–H and O–H groups in total. The normalized spacial score (nSPS) is 20.6. The number of nitrogens with two attached hydrogens (primary N) is 1. The third-order valence-corrected chi connectivity index (χ3v) is 4.45. The molecular weight excluding hydrogens is 304 g/mol. The molecule has 0 saturated heterocycles. The Hall–Kier alpha value is -1.57. The van der Waals surface area contributed by atoms with Gasteiger partial charge < -0.3 is 10.5 Å². The molecule has 2 rings (SSSR count). The van der Waals surface area contributed by atoms with Crippen molar-refractivity contribution in [2.75, 3.05) is 13.2 Å². The molecule has 3 amide bonds. The molecule has 0 radical (unpaired) electrons. The number of halogens is 1. The molecular formula is C12H12ClN2O4S+. The quantitative estimate of drug-likeness (QED) is 0.684. The summed E-state index contributed by atoms with van der Waals surface area (Å²) in [5.74, 6) is -0.673. The van der Waals surface area contributed by atoms with Crippen molar-refractivity contribution < 1.29 is 19.1 Å². The average Bonchev–Trinajstić information content (AvgIpc) is 2.66. The summed E-state index contributed by atoms with van der Waals surface area (Å²) in [4.78, 5) is 36.3. The van der Waals surface area contributed by atoms with Crippen LogP contribution in [0.25, 0.3) is 0 Å². The molecule has 0 bridgehead atoms. The van der Waals surface area contributed by atoms with Crippen LogP contribution >= 0.6 is 23.4 Å². The van der Waals surface area contributed by atoms with Gasteiger partial charge >= 0.3 is 17.2 Å². The highest BCUT2D eigenvalue weighted by Gasteiger charge is 2.55. The lowest BCUT2D eigenvalue weighted by atomic mass is 10.2. The molecule has 1 aliphatic heterocycles. The number of amides is 3. The van der Waals surface area contributed by atoms with Crippen molar-refractivity contribution in [3.05, 3.63) is 23.2 Å². The highest BCUT2D eigenvalue weighted by atomic mass is 35.5. The topological polar surface area (TPSA) is 86.5 Å². The Morgan fingerprint density at radius 2 is 2.15 bits per heavy atom. The third kappa shape index (κ3) is 2.17. The first kappa shape index (κ1) is 14.8. The van der Waals surface area contributed by atoms with Gasteiger partial charge in [-0.3, -0.25) is 0 Å². The van der Waals surface area contributed by atoms with E-state index in [1.807, 2.05) is 0 Å².